The van der Waals surface area contributed by atoms with E-state index in [1.165, 1.54) is 175 Å². The maximum atomic E-state index is 2.79. The number of benzene rings is 12. The predicted octanol–water partition coefficient (Wildman–Crippen LogP) is 27.9. The van der Waals surface area contributed by atoms with Crippen LogP contribution in [-0.2, 0) is 38.9 Å². The minimum absolute atomic E-state index is 0.0466. The number of fused-ring (bicyclic) bond motifs is 13. The predicted molar refractivity (Wildman–Crippen MR) is 441 cm³/mol. The largest absolute Gasteiger partial charge is 0.309 e. The summed E-state index contributed by atoms with van der Waals surface area (Å²) in [5.41, 5.74) is 32.4. The molecule has 3 aromatic heterocycles. The molecule has 0 fully saturated rings. The average molecular weight is 1350 g/mol. The Bertz CT molecular complexity index is 5780. The summed E-state index contributed by atoms with van der Waals surface area (Å²) in [6.07, 6.45) is 0.776. The minimum Gasteiger partial charge on any atom is -0.309 e. The summed E-state index contributed by atoms with van der Waals surface area (Å²) in [4.78, 5) is 2.79. The molecular weight excluding hydrogens is 1250 g/mol. The Morgan fingerprint density at radius 1 is 0.314 bits per heavy atom. The van der Waals surface area contributed by atoms with Crippen LogP contribution in [0.2, 0.25) is 0 Å². The van der Waals surface area contributed by atoms with E-state index < -0.39 is 0 Å². The number of anilines is 3. The zero-order chi connectivity index (χ0) is 71.2. The van der Waals surface area contributed by atoms with Gasteiger partial charge in [-0.1, -0.05) is 264 Å². The van der Waals surface area contributed by atoms with Crippen molar-refractivity contribution in [3.05, 3.63) is 292 Å². The van der Waals surface area contributed by atoms with Crippen LogP contribution in [0.4, 0.5) is 17.1 Å². The van der Waals surface area contributed by atoms with E-state index in [2.05, 4.69) is 369 Å². The third-order valence-electron chi connectivity index (χ3n) is 22.7. The SMILES string of the molecule is CC(C)(C)c1cc(-c2ccc3c(c2)C2c4ccc(-n5c6ccc(C(C)(C)C)cc6c6cc(C(C)(C)C)ccc65)cc4N(c4c(-c5ccccc5)cc5sc6ccccc6c5c4-c4ccccc4)c4cc(-n5c6ccc(C(C)(C)C)cc6c6cc(C(C)(C)C)ccc65)cc(c42)C3)cc(C(C)(C)C)c1. The summed E-state index contributed by atoms with van der Waals surface area (Å²) in [7, 11) is 0. The van der Waals surface area contributed by atoms with Crippen LogP contribution in [-0.4, -0.2) is 9.13 Å². The molecule has 0 spiro atoms. The van der Waals surface area contributed by atoms with Crippen molar-refractivity contribution in [1.29, 1.82) is 0 Å². The van der Waals surface area contributed by atoms with E-state index in [-0.39, 0.29) is 38.4 Å². The van der Waals surface area contributed by atoms with Crippen LogP contribution in [0.15, 0.2) is 231 Å². The lowest BCUT2D eigenvalue weighted by Gasteiger charge is -2.43. The Kier molecular flexibility index (Phi) is 14.7. The first-order valence-corrected chi connectivity index (χ1v) is 37.9. The molecule has 4 heteroatoms. The third kappa shape index (κ3) is 10.7. The van der Waals surface area contributed by atoms with Gasteiger partial charge in [-0.15, -0.1) is 11.3 Å². The van der Waals surface area contributed by atoms with Gasteiger partial charge < -0.3 is 14.0 Å². The maximum absolute atomic E-state index is 2.79. The number of thiophene rings is 1. The molecule has 1 atom stereocenters. The highest BCUT2D eigenvalue weighted by Crippen LogP contribution is 2.62. The van der Waals surface area contributed by atoms with Gasteiger partial charge >= 0.3 is 0 Å². The lowest BCUT2D eigenvalue weighted by atomic mass is 9.70. The zero-order valence-electron chi connectivity index (χ0n) is 63.0. The molecule has 1 aliphatic heterocycles. The Morgan fingerprint density at radius 3 is 1.29 bits per heavy atom. The summed E-state index contributed by atoms with van der Waals surface area (Å²) >= 11 is 1.91. The van der Waals surface area contributed by atoms with Crippen LogP contribution in [0, 0.1) is 0 Å². The molecule has 508 valence electrons. The average Bonchev–Trinajstić information content (AvgIpc) is 0.963. The molecule has 17 rings (SSSR count). The summed E-state index contributed by atoms with van der Waals surface area (Å²) in [5.74, 6) is -0.129. The maximum Gasteiger partial charge on any atom is 0.0625 e. The smallest absolute Gasteiger partial charge is 0.0625 e. The normalized spacial score (nSPS) is 14.4. The summed E-state index contributed by atoms with van der Waals surface area (Å²) < 4.78 is 7.76. The molecule has 0 amide bonds. The number of hydrogen-bond donors (Lipinski definition) is 0. The molecule has 3 nitrogen and oxygen atoms in total. The van der Waals surface area contributed by atoms with Crippen molar-refractivity contribution in [1.82, 2.24) is 9.13 Å². The van der Waals surface area contributed by atoms with Crippen molar-refractivity contribution in [3.8, 4) is 44.8 Å². The van der Waals surface area contributed by atoms with E-state index in [0.717, 1.165) is 17.8 Å². The van der Waals surface area contributed by atoms with Crippen LogP contribution < -0.4 is 4.90 Å². The Morgan fingerprint density at radius 2 is 0.784 bits per heavy atom. The lowest BCUT2D eigenvalue weighted by Crippen LogP contribution is -2.28. The minimum atomic E-state index is -0.129. The van der Waals surface area contributed by atoms with Gasteiger partial charge in [-0.3, -0.25) is 0 Å². The van der Waals surface area contributed by atoms with Crippen molar-refractivity contribution in [2.75, 3.05) is 4.90 Å². The van der Waals surface area contributed by atoms with Crippen molar-refractivity contribution < 1.29 is 0 Å². The van der Waals surface area contributed by atoms with Gasteiger partial charge in [0.05, 0.1) is 39.1 Å². The van der Waals surface area contributed by atoms with Gasteiger partial charge in [-0.2, -0.15) is 0 Å². The van der Waals surface area contributed by atoms with Crippen LogP contribution in [0.1, 0.15) is 192 Å². The van der Waals surface area contributed by atoms with Gasteiger partial charge in [0.25, 0.3) is 0 Å². The first-order chi connectivity index (χ1) is 48.3. The molecule has 0 saturated heterocycles. The van der Waals surface area contributed by atoms with Crippen molar-refractivity contribution in [2.24, 2.45) is 0 Å². The van der Waals surface area contributed by atoms with Crippen LogP contribution in [0.5, 0.6) is 0 Å². The van der Waals surface area contributed by atoms with E-state index in [1.807, 2.05) is 11.3 Å². The van der Waals surface area contributed by atoms with Gasteiger partial charge in [0.1, 0.15) is 0 Å². The summed E-state index contributed by atoms with van der Waals surface area (Å²) in [5, 5.41) is 7.67. The lowest BCUT2D eigenvalue weighted by molar-refractivity contribution is 0.569. The van der Waals surface area contributed by atoms with Crippen molar-refractivity contribution >= 4 is 92.2 Å². The fraction of sp³-hybridized carbons (Fsp3) is 0.265. The second kappa shape index (κ2) is 22.9. The quantitative estimate of drug-likeness (QED) is 0.162. The Balaban J connectivity index is 1.05. The molecule has 4 heterocycles. The third-order valence-corrected chi connectivity index (χ3v) is 23.8. The Labute approximate surface area is 608 Å². The molecule has 0 saturated carbocycles. The van der Waals surface area contributed by atoms with Gasteiger partial charge in [0.15, 0.2) is 0 Å². The van der Waals surface area contributed by atoms with Gasteiger partial charge in [0, 0.05) is 70.1 Å². The number of aromatic nitrogens is 2. The second-order valence-corrected chi connectivity index (χ2v) is 37.0. The number of nitrogens with zero attached hydrogens (tertiary/aromatic N) is 3. The molecule has 12 aromatic carbocycles. The highest BCUT2D eigenvalue weighted by molar-refractivity contribution is 7.26. The van der Waals surface area contributed by atoms with Crippen molar-refractivity contribution in [2.45, 2.75) is 169 Å². The molecule has 0 radical (unpaired) electrons. The number of hydrogen-bond acceptors (Lipinski definition) is 2. The van der Waals surface area contributed by atoms with E-state index in [0.29, 0.717) is 0 Å². The molecule has 0 bridgehead atoms. The fourth-order valence-corrected chi connectivity index (χ4v) is 18.0. The molecule has 2 aliphatic rings. The summed E-state index contributed by atoms with van der Waals surface area (Å²) in [6.45, 7) is 42.3. The molecule has 102 heavy (non-hydrogen) atoms. The summed E-state index contributed by atoms with van der Waals surface area (Å²) in [6, 6.07) is 91.3. The number of rotatable bonds is 6. The Hall–Kier alpha value is -9.74. The van der Waals surface area contributed by atoms with Crippen molar-refractivity contribution in [3.63, 3.8) is 0 Å². The molecule has 15 aromatic rings. The standard InChI is InChI=1S/C98H95N3S/c1-93(2,3)64-35-41-80-76(51-64)77-52-65(94(4,5)6)36-42-81(77)99(80)70-39-40-72-84(55-70)101(92-75(58-27-21-19-22-28-58)57-87-91(73-31-25-26-32-86(73)102-87)89(92)59-29-23-20-24-30-59)85-56-71(100-82-43-37-66(95(7,8)9)53-78(82)79-54-67(96(10,11)12)38-44-83(79)100)48-63-45-61-34-33-60(49-74(61)90(72)88(63)85)62-46-68(97(13,14)15)50-69(47-62)98(16,17)18/h19-44,46-57,90H,45H2,1-18H3. The fourth-order valence-electron chi connectivity index (χ4n) is 16.8. The van der Waals surface area contributed by atoms with Crippen LogP contribution in [0.25, 0.3) is 109 Å². The van der Waals surface area contributed by atoms with E-state index >= 15 is 0 Å². The van der Waals surface area contributed by atoms with Gasteiger partial charge in [0.2, 0.25) is 0 Å². The molecule has 1 unspecified atom stereocenters. The van der Waals surface area contributed by atoms with Crippen LogP contribution in [0.3, 0.4) is 0 Å². The van der Waals surface area contributed by atoms with E-state index in [9.17, 15) is 0 Å². The van der Waals surface area contributed by atoms with E-state index in [1.54, 1.807) is 0 Å². The zero-order valence-corrected chi connectivity index (χ0v) is 63.8. The highest BCUT2D eigenvalue weighted by Gasteiger charge is 2.42. The van der Waals surface area contributed by atoms with Gasteiger partial charge in [-0.05, 0) is 213 Å². The topological polar surface area (TPSA) is 13.1 Å². The second-order valence-electron chi connectivity index (χ2n) is 35.9. The first kappa shape index (κ1) is 65.6. The monoisotopic (exact) mass is 1350 g/mol. The highest BCUT2D eigenvalue weighted by atomic mass is 32.1. The van der Waals surface area contributed by atoms with Gasteiger partial charge in [-0.25, -0.2) is 0 Å². The van der Waals surface area contributed by atoms with Crippen LogP contribution >= 0.6 is 11.3 Å². The molecular formula is C98H95N3S. The van der Waals surface area contributed by atoms with E-state index in [4.69, 9.17) is 0 Å². The first-order valence-electron chi connectivity index (χ1n) is 37.0. The molecule has 0 N–H and O–H groups in total. The molecule has 1 aliphatic carbocycles.